The van der Waals surface area contributed by atoms with Crippen LogP contribution < -0.4 is 0 Å². The molecule has 19 heavy (non-hydrogen) atoms. The first-order chi connectivity index (χ1) is 9.24. The summed E-state index contributed by atoms with van der Waals surface area (Å²) in [4.78, 5) is 22.8. The first-order valence-electron chi connectivity index (χ1n) is 7.33. The van der Waals surface area contributed by atoms with E-state index in [2.05, 4.69) is 9.97 Å². The van der Waals surface area contributed by atoms with Gasteiger partial charge in [-0.15, -0.1) is 0 Å². The Morgan fingerprint density at radius 1 is 1.26 bits per heavy atom. The van der Waals surface area contributed by atoms with Crippen LogP contribution in [0.15, 0.2) is 12.3 Å². The number of carbonyl (C=O) groups excluding carboxylic acids is 1. The molecule has 102 valence electrons. The average Bonchev–Trinajstić information content (AvgIpc) is 2.46. The van der Waals surface area contributed by atoms with Gasteiger partial charge in [0.15, 0.2) is 0 Å². The molecule has 0 N–H and O–H groups in total. The zero-order valence-corrected chi connectivity index (χ0v) is 11.5. The Morgan fingerprint density at radius 3 is 2.84 bits per heavy atom. The first kappa shape index (κ1) is 12.6. The Morgan fingerprint density at radius 2 is 2.05 bits per heavy atom. The van der Waals surface area contributed by atoms with Gasteiger partial charge in [-0.2, -0.15) is 0 Å². The summed E-state index contributed by atoms with van der Waals surface area (Å²) in [5, 5.41) is 0. The molecule has 2 aliphatic rings. The Bertz CT molecular complexity index is 474. The van der Waals surface area contributed by atoms with E-state index >= 15 is 0 Å². The van der Waals surface area contributed by atoms with Crippen LogP contribution in [0.3, 0.4) is 0 Å². The van der Waals surface area contributed by atoms with Gasteiger partial charge >= 0.3 is 0 Å². The number of piperidine rings is 1. The van der Waals surface area contributed by atoms with Crippen molar-refractivity contribution in [2.75, 3.05) is 13.1 Å². The number of rotatable bonds is 1. The number of likely N-dealkylation sites (tertiary alicyclic amines) is 1. The highest BCUT2D eigenvalue weighted by atomic mass is 16.2. The van der Waals surface area contributed by atoms with Crippen LogP contribution in [0.1, 0.15) is 48.4 Å². The third kappa shape index (κ3) is 2.62. The molecule has 3 rings (SSSR count). The van der Waals surface area contributed by atoms with Crippen LogP contribution in [0.2, 0.25) is 0 Å². The van der Waals surface area contributed by atoms with E-state index in [0.29, 0.717) is 11.5 Å². The predicted octanol–water partition coefficient (Wildman–Crippen LogP) is 2.44. The average molecular weight is 259 g/mol. The van der Waals surface area contributed by atoms with Gasteiger partial charge in [-0.25, -0.2) is 9.97 Å². The van der Waals surface area contributed by atoms with Crippen LogP contribution in [0.25, 0.3) is 0 Å². The molecule has 2 atom stereocenters. The molecule has 1 aromatic heterocycles. The maximum absolute atomic E-state index is 12.5. The van der Waals surface area contributed by atoms with Crippen LogP contribution in [-0.2, 0) is 0 Å². The number of aryl methyl sites for hydroxylation is 1. The molecule has 0 unspecified atom stereocenters. The zero-order chi connectivity index (χ0) is 13.2. The van der Waals surface area contributed by atoms with Gasteiger partial charge in [0.1, 0.15) is 11.5 Å². The molecule has 1 aliphatic heterocycles. The van der Waals surface area contributed by atoms with Gasteiger partial charge in [0.2, 0.25) is 0 Å². The molecule has 2 fully saturated rings. The SMILES string of the molecule is Cc1nccc(C(=O)N2CC[C@H]3CCCC[C@@H]3C2)n1. The molecule has 0 aromatic carbocycles. The summed E-state index contributed by atoms with van der Waals surface area (Å²) in [5.41, 5.74) is 0.543. The number of hydrogen-bond acceptors (Lipinski definition) is 3. The highest BCUT2D eigenvalue weighted by Crippen LogP contribution is 2.36. The fourth-order valence-electron chi connectivity index (χ4n) is 3.52. The summed E-state index contributed by atoms with van der Waals surface area (Å²) in [5.74, 6) is 2.31. The molecule has 1 amide bonds. The lowest BCUT2D eigenvalue weighted by Gasteiger charge is -2.41. The number of amides is 1. The molecule has 0 bridgehead atoms. The van der Waals surface area contributed by atoms with Gasteiger partial charge in [0, 0.05) is 19.3 Å². The second kappa shape index (κ2) is 5.27. The number of nitrogens with zero attached hydrogens (tertiary/aromatic N) is 3. The predicted molar refractivity (Wildman–Crippen MR) is 72.7 cm³/mol. The summed E-state index contributed by atoms with van der Waals surface area (Å²) < 4.78 is 0. The maximum atomic E-state index is 12.5. The van der Waals surface area contributed by atoms with Crippen LogP contribution >= 0.6 is 0 Å². The molecule has 1 saturated heterocycles. The molecular formula is C15H21N3O. The standard InChI is InChI=1S/C15H21N3O/c1-11-16-8-6-14(17-11)15(19)18-9-7-12-4-2-3-5-13(12)10-18/h6,8,12-13H,2-5,7,9-10H2,1H3/t12-,13-/m1/s1. The van der Waals surface area contributed by atoms with Gasteiger partial charge in [-0.3, -0.25) is 4.79 Å². The maximum Gasteiger partial charge on any atom is 0.272 e. The summed E-state index contributed by atoms with van der Waals surface area (Å²) in [6.45, 7) is 3.64. The summed E-state index contributed by atoms with van der Waals surface area (Å²) >= 11 is 0. The minimum Gasteiger partial charge on any atom is -0.337 e. The quantitative estimate of drug-likeness (QED) is 0.778. The molecule has 1 aromatic rings. The van der Waals surface area contributed by atoms with Crippen LogP contribution in [0.5, 0.6) is 0 Å². The van der Waals surface area contributed by atoms with Gasteiger partial charge in [0.05, 0.1) is 0 Å². The van der Waals surface area contributed by atoms with E-state index in [1.165, 1.54) is 32.1 Å². The van der Waals surface area contributed by atoms with E-state index in [1.807, 2.05) is 11.8 Å². The van der Waals surface area contributed by atoms with E-state index < -0.39 is 0 Å². The molecule has 0 radical (unpaired) electrons. The van der Waals surface area contributed by atoms with Crippen molar-refractivity contribution in [2.45, 2.75) is 39.0 Å². The van der Waals surface area contributed by atoms with Gasteiger partial charge in [0.25, 0.3) is 5.91 Å². The number of hydrogen-bond donors (Lipinski definition) is 0. The van der Waals surface area contributed by atoms with E-state index in [1.54, 1.807) is 12.3 Å². The van der Waals surface area contributed by atoms with Crippen molar-refractivity contribution in [3.05, 3.63) is 23.8 Å². The smallest absolute Gasteiger partial charge is 0.272 e. The first-order valence-corrected chi connectivity index (χ1v) is 7.33. The summed E-state index contributed by atoms with van der Waals surface area (Å²) in [6.07, 6.45) is 8.19. The van der Waals surface area contributed by atoms with Crippen LogP contribution in [0, 0.1) is 18.8 Å². The second-order valence-corrected chi connectivity index (χ2v) is 5.83. The molecule has 2 heterocycles. The monoisotopic (exact) mass is 259 g/mol. The molecular weight excluding hydrogens is 238 g/mol. The zero-order valence-electron chi connectivity index (χ0n) is 11.5. The molecule has 1 aliphatic carbocycles. The third-order valence-corrected chi connectivity index (χ3v) is 4.57. The van der Waals surface area contributed by atoms with Gasteiger partial charge < -0.3 is 4.90 Å². The van der Waals surface area contributed by atoms with Crippen molar-refractivity contribution in [3.8, 4) is 0 Å². The van der Waals surface area contributed by atoms with Gasteiger partial charge in [-0.05, 0) is 37.7 Å². The minimum absolute atomic E-state index is 0.0783. The molecule has 1 saturated carbocycles. The van der Waals surface area contributed by atoms with E-state index in [9.17, 15) is 4.79 Å². The largest absolute Gasteiger partial charge is 0.337 e. The Hall–Kier alpha value is -1.45. The lowest BCUT2D eigenvalue weighted by Crippen LogP contribution is -2.45. The fraction of sp³-hybridized carbons (Fsp3) is 0.667. The van der Waals surface area contributed by atoms with E-state index in [0.717, 1.165) is 24.9 Å². The summed E-state index contributed by atoms with van der Waals surface area (Å²) in [6, 6.07) is 1.72. The topological polar surface area (TPSA) is 46.1 Å². The van der Waals surface area contributed by atoms with E-state index in [-0.39, 0.29) is 5.91 Å². The lowest BCUT2D eigenvalue weighted by molar-refractivity contribution is 0.0515. The fourth-order valence-corrected chi connectivity index (χ4v) is 3.52. The Labute approximate surface area is 114 Å². The molecule has 4 nitrogen and oxygen atoms in total. The lowest BCUT2D eigenvalue weighted by atomic mass is 9.75. The highest BCUT2D eigenvalue weighted by Gasteiger charge is 2.33. The van der Waals surface area contributed by atoms with Crippen molar-refractivity contribution in [2.24, 2.45) is 11.8 Å². The van der Waals surface area contributed by atoms with Gasteiger partial charge in [-0.1, -0.05) is 19.3 Å². The van der Waals surface area contributed by atoms with Crippen molar-refractivity contribution in [1.82, 2.24) is 14.9 Å². The number of fused-ring (bicyclic) bond motifs is 1. The molecule has 4 heteroatoms. The summed E-state index contributed by atoms with van der Waals surface area (Å²) in [7, 11) is 0. The molecule has 0 spiro atoms. The number of carbonyl (C=O) groups is 1. The third-order valence-electron chi connectivity index (χ3n) is 4.57. The minimum atomic E-state index is 0.0783. The van der Waals surface area contributed by atoms with Crippen molar-refractivity contribution in [3.63, 3.8) is 0 Å². The van der Waals surface area contributed by atoms with E-state index in [4.69, 9.17) is 0 Å². The van der Waals surface area contributed by atoms with Crippen molar-refractivity contribution >= 4 is 5.91 Å². The van der Waals surface area contributed by atoms with Crippen LogP contribution in [0.4, 0.5) is 0 Å². The van der Waals surface area contributed by atoms with Crippen molar-refractivity contribution in [1.29, 1.82) is 0 Å². The van der Waals surface area contributed by atoms with Crippen molar-refractivity contribution < 1.29 is 4.79 Å². The Balaban J connectivity index is 1.71. The normalized spacial score (nSPS) is 26.9. The second-order valence-electron chi connectivity index (χ2n) is 5.83. The number of aromatic nitrogens is 2. The highest BCUT2D eigenvalue weighted by molar-refractivity contribution is 5.92. The van der Waals surface area contributed by atoms with Crippen LogP contribution in [-0.4, -0.2) is 33.9 Å². The Kier molecular flexibility index (Phi) is 3.49.